The Morgan fingerprint density at radius 2 is 2.29 bits per heavy atom. The highest BCUT2D eigenvalue weighted by Crippen LogP contribution is 2.21. The number of carboxylic acid groups (broad SMARTS) is 1. The van der Waals surface area contributed by atoms with E-state index in [1.165, 1.54) is 25.7 Å². The van der Waals surface area contributed by atoms with Crippen molar-refractivity contribution in [2.75, 3.05) is 26.2 Å². The zero-order chi connectivity index (χ0) is 12.1. The van der Waals surface area contributed by atoms with Gasteiger partial charge in [-0.3, -0.25) is 4.79 Å². The van der Waals surface area contributed by atoms with Crippen LogP contribution in [0.25, 0.3) is 0 Å². The third-order valence-electron chi connectivity index (χ3n) is 3.86. The third kappa shape index (κ3) is 4.28. The van der Waals surface area contributed by atoms with E-state index in [0.29, 0.717) is 18.4 Å². The van der Waals surface area contributed by atoms with Crippen molar-refractivity contribution in [3.8, 4) is 0 Å². The molecular weight excluding hydrogens is 218 g/mol. The van der Waals surface area contributed by atoms with Crippen molar-refractivity contribution in [1.82, 2.24) is 4.90 Å². The molecule has 98 valence electrons. The highest BCUT2D eigenvalue weighted by atomic mass is 16.5. The van der Waals surface area contributed by atoms with Crippen LogP contribution in [0, 0.1) is 5.92 Å². The fourth-order valence-corrected chi connectivity index (χ4v) is 2.94. The molecule has 0 radical (unpaired) electrons. The van der Waals surface area contributed by atoms with Crippen molar-refractivity contribution in [1.29, 1.82) is 0 Å². The van der Waals surface area contributed by atoms with Gasteiger partial charge in [0.15, 0.2) is 0 Å². The second-order valence-electron chi connectivity index (χ2n) is 5.33. The van der Waals surface area contributed by atoms with Crippen LogP contribution in [0.3, 0.4) is 0 Å². The Hall–Kier alpha value is -0.610. The predicted octanol–water partition coefficient (Wildman–Crippen LogP) is 1.74. The molecule has 0 amide bonds. The number of ether oxygens (including phenoxy) is 1. The van der Waals surface area contributed by atoms with E-state index in [1.54, 1.807) is 0 Å². The molecule has 4 heteroatoms. The minimum atomic E-state index is -0.656. The summed E-state index contributed by atoms with van der Waals surface area (Å²) in [5.74, 6) is -0.286. The van der Waals surface area contributed by atoms with Crippen LogP contribution in [0.2, 0.25) is 0 Å². The van der Waals surface area contributed by atoms with Gasteiger partial charge >= 0.3 is 5.97 Å². The van der Waals surface area contributed by atoms with Gasteiger partial charge in [0.05, 0.1) is 6.10 Å². The number of hydrogen-bond acceptors (Lipinski definition) is 3. The van der Waals surface area contributed by atoms with Gasteiger partial charge in [-0.1, -0.05) is 0 Å². The normalized spacial score (nSPS) is 29.9. The van der Waals surface area contributed by atoms with Gasteiger partial charge in [0.1, 0.15) is 0 Å². The van der Waals surface area contributed by atoms with Crippen LogP contribution in [-0.4, -0.2) is 48.3 Å². The maximum atomic E-state index is 10.6. The van der Waals surface area contributed by atoms with Gasteiger partial charge in [-0.2, -0.15) is 0 Å². The average Bonchev–Trinajstić information content (AvgIpc) is 2.89. The second-order valence-corrected chi connectivity index (χ2v) is 5.33. The average molecular weight is 241 g/mol. The number of nitrogens with zero attached hydrogens (tertiary/aromatic N) is 1. The molecule has 2 aliphatic rings. The number of aliphatic carboxylic acids is 1. The summed E-state index contributed by atoms with van der Waals surface area (Å²) in [5, 5.41) is 8.74. The summed E-state index contributed by atoms with van der Waals surface area (Å²) in [6.45, 7) is 4.09. The van der Waals surface area contributed by atoms with Crippen LogP contribution in [0.15, 0.2) is 0 Å². The molecule has 2 saturated heterocycles. The van der Waals surface area contributed by atoms with Gasteiger partial charge in [-0.05, 0) is 51.1 Å². The molecule has 2 rings (SSSR count). The zero-order valence-electron chi connectivity index (χ0n) is 10.4. The molecule has 2 atom stereocenters. The first-order valence-electron chi connectivity index (χ1n) is 6.80. The largest absolute Gasteiger partial charge is 0.481 e. The van der Waals surface area contributed by atoms with Gasteiger partial charge < -0.3 is 14.7 Å². The van der Waals surface area contributed by atoms with E-state index in [9.17, 15) is 4.79 Å². The van der Waals surface area contributed by atoms with Crippen LogP contribution in [0.1, 0.15) is 38.5 Å². The molecule has 4 nitrogen and oxygen atoms in total. The number of hydrogen-bond donors (Lipinski definition) is 1. The van der Waals surface area contributed by atoms with Crippen molar-refractivity contribution in [3.63, 3.8) is 0 Å². The van der Waals surface area contributed by atoms with Crippen LogP contribution >= 0.6 is 0 Å². The van der Waals surface area contributed by atoms with E-state index in [1.807, 2.05) is 0 Å². The SMILES string of the molecule is O=C(O)CC1CCN(CCCC2CCCO2)C1. The molecule has 2 aliphatic heterocycles. The van der Waals surface area contributed by atoms with E-state index in [2.05, 4.69) is 4.90 Å². The summed E-state index contributed by atoms with van der Waals surface area (Å²) in [6, 6.07) is 0. The lowest BCUT2D eigenvalue weighted by Gasteiger charge is -2.16. The predicted molar refractivity (Wildman–Crippen MR) is 65.0 cm³/mol. The monoisotopic (exact) mass is 241 g/mol. The highest BCUT2D eigenvalue weighted by Gasteiger charge is 2.24. The van der Waals surface area contributed by atoms with Crippen molar-refractivity contribution in [3.05, 3.63) is 0 Å². The summed E-state index contributed by atoms with van der Waals surface area (Å²) in [7, 11) is 0. The first-order valence-corrected chi connectivity index (χ1v) is 6.80. The van der Waals surface area contributed by atoms with Crippen LogP contribution in [0.4, 0.5) is 0 Å². The molecular formula is C13H23NO3. The number of likely N-dealkylation sites (tertiary alicyclic amines) is 1. The first-order chi connectivity index (χ1) is 8.24. The summed E-state index contributed by atoms with van der Waals surface area (Å²) in [4.78, 5) is 13.0. The quantitative estimate of drug-likeness (QED) is 0.769. The molecule has 0 bridgehead atoms. The number of rotatable bonds is 6. The Morgan fingerprint density at radius 1 is 1.41 bits per heavy atom. The smallest absolute Gasteiger partial charge is 0.303 e. The zero-order valence-corrected chi connectivity index (χ0v) is 10.4. The van der Waals surface area contributed by atoms with Crippen molar-refractivity contribution in [2.24, 2.45) is 5.92 Å². The topological polar surface area (TPSA) is 49.8 Å². The molecule has 17 heavy (non-hydrogen) atoms. The lowest BCUT2D eigenvalue weighted by atomic mass is 10.1. The molecule has 0 aromatic rings. The minimum absolute atomic E-state index is 0.336. The van der Waals surface area contributed by atoms with Crippen molar-refractivity contribution >= 4 is 5.97 Å². The van der Waals surface area contributed by atoms with Gasteiger partial charge in [-0.25, -0.2) is 0 Å². The lowest BCUT2D eigenvalue weighted by Crippen LogP contribution is -2.23. The maximum Gasteiger partial charge on any atom is 0.303 e. The van der Waals surface area contributed by atoms with Crippen LogP contribution in [0.5, 0.6) is 0 Å². The summed E-state index contributed by atoms with van der Waals surface area (Å²) < 4.78 is 5.60. The molecule has 0 saturated carbocycles. The minimum Gasteiger partial charge on any atom is -0.481 e. The highest BCUT2D eigenvalue weighted by molar-refractivity contribution is 5.67. The molecule has 0 aliphatic carbocycles. The summed E-state index contributed by atoms with van der Waals surface area (Å²) in [6.07, 6.45) is 6.67. The van der Waals surface area contributed by atoms with Gasteiger partial charge in [-0.15, -0.1) is 0 Å². The number of carbonyl (C=O) groups is 1. The molecule has 2 unspecified atom stereocenters. The molecule has 0 aromatic heterocycles. The first kappa shape index (κ1) is 12.8. The Morgan fingerprint density at radius 3 is 3.00 bits per heavy atom. The molecule has 0 aromatic carbocycles. The third-order valence-corrected chi connectivity index (χ3v) is 3.86. The Labute approximate surface area is 103 Å². The van der Waals surface area contributed by atoms with Crippen LogP contribution in [-0.2, 0) is 9.53 Å². The molecule has 0 spiro atoms. The fraction of sp³-hybridized carbons (Fsp3) is 0.923. The van der Waals surface area contributed by atoms with Gasteiger partial charge in [0.25, 0.3) is 0 Å². The lowest BCUT2D eigenvalue weighted by molar-refractivity contribution is -0.138. The Bertz CT molecular complexity index is 251. The van der Waals surface area contributed by atoms with E-state index < -0.39 is 5.97 Å². The van der Waals surface area contributed by atoms with E-state index in [0.717, 1.165) is 32.7 Å². The summed E-state index contributed by atoms with van der Waals surface area (Å²) >= 11 is 0. The van der Waals surface area contributed by atoms with Gasteiger partial charge in [0.2, 0.25) is 0 Å². The Kier molecular flexibility index (Phi) is 4.80. The summed E-state index contributed by atoms with van der Waals surface area (Å²) in [5.41, 5.74) is 0. The Balaban J connectivity index is 1.56. The maximum absolute atomic E-state index is 10.6. The van der Waals surface area contributed by atoms with Crippen LogP contribution < -0.4 is 0 Å². The second kappa shape index (κ2) is 6.36. The molecule has 2 heterocycles. The number of carboxylic acids is 1. The van der Waals surface area contributed by atoms with Crippen molar-refractivity contribution in [2.45, 2.75) is 44.6 Å². The van der Waals surface area contributed by atoms with Gasteiger partial charge in [0, 0.05) is 19.6 Å². The standard InChI is InChI=1S/C13H23NO3/c15-13(16)9-11-5-7-14(10-11)6-1-3-12-4-2-8-17-12/h11-12H,1-10H2,(H,15,16). The van der Waals surface area contributed by atoms with E-state index in [4.69, 9.17) is 9.84 Å². The molecule has 1 N–H and O–H groups in total. The van der Waals surface area contributed by atoms with Crippen molar-refractivity contribution < 1.29 is 14.6 Å². The molecule has 2 fully saturated rings. The fourth-order valence-electron chi connectivity index (χ4n) is 2.94. The van der Waals surface area contributed by atoms with E-state index in [-0.39, 0.29) is 0 Å². The van der Waals surface area contributed by atoms with E-state index >= 15 is 0 Å².